The number of hydrogen-bond donors (Lipinski definition) is 4. The third-order valence-corrected chi connectivity index (χ3v) is 8.31. The van der Waals surface area contributed by atoms with Gasteiger partial charge in [0, 0.05) is 13.2 Å². The van der Waals surface area contributed by atoms with Gasteiger partial charge in [0.2, 0.25) is 0 Å². The van der Waals surface area contributed by atoms with E-state index in [2.05, 4.69) is 32.1 Å². The van der Waals surface area contributed by atoms with E-state index in [9.17, 15) is 10.2 Å². The van der Waals surface area contributed by atoms with Crippen LogP contribution in [0, 0.1) is 17.3 Å². The Bertz CT molecular complexity index is 682. The Morgan fingerprint density at radius 1 is 1.06 bits per heavy atom. The van der Waals surface area contributed by atoms with Gasteiger partial charge in [-0.25, -0.2) is 0 Å². The lowest BCUT2D eigenvalue weighted by molar-refractivity contribution is 0.0663. The summed E-state index contributed by atoms with van der Waals surface area (Å²) >= 11 is 0. The first kappa shape index (κ1) is 28.3. The second-order valence-corrected chi connectivity index (χ2v) is 11.4. The molecule has 0 bridgehead atoms. The van der Waals surface area contributed by atoms with E-state index in [1.807, 2.05) is 13.8 Å². The van der Waals surface area contributed by atoms with Gasteiger partial charge in [0.1, 0.15) is 0 Å². The molecule has 0 aromatic carbocycles. The van der Waals surface area contributed by atoms with Crippen molar-refractivity contribution in [3.05, 3.63) is 34.9 Å². The van der Waals surface area contributed by atoms with Crippen LogP contribution in [0.1, 0.15) is 105 Å². The van der Waals surface area contributed by atoms with Crippen LogP contribution in [0.15, 0.2) is 34.9 Å². The maximum absolute atomic E-state index is 10.1. The Balaban J connectivity index is 0.000000696. The molecule has 3 aliphatic rings. The van der Waals surface area contributed by atoms with Gasteiger partial charge in [-0.15, -0.1) is 0 Å². The zero-order valence-electron chi connectivity index (χ0n) is 21.7. The molecule has 4 N–H and O–H groups in total. The monoisotopic (exact) mass is 462 g/mol. The summed E-state index contributed by atoms with van der Waals surface area (Å²) in [6.07, 6.45) is 20.4. The van der Waals surface area contributed by atoms with Crippen LogP contribution in [0.5, 0.6) is 0 Å². The summed E-state index contributed by atoms with van der Waals surface area (Å²) in [6, 6.07) is 0. The first-order valence-corrected chi connectivity index (χ1v) is 13.3. The molecule has 4 nitrogen and oxygen atoms in total. The van der Waals surface area contributed by atoms with Crippen molar-refractivity contribution >= 4 is 0 Å². The summed E-state index contributed by atoms with van der Waals surface area (Å²) in [5.74, 6) is 1.53. The molecule has 4 heteroatoms. The largest absolute Gasteiger partial charge is 0.396 e. The van der Waals surface area contributed by atoms with Crippen LogP contribution in [0.3, 0.4) is 0 Å². The smallest absolute Gasteiger partial charge is 0.0753 e. The average Bonchev–Trinajstić information content (AvgIpc) is 3.09. The van der Waals surface area contributed by atoms with E-state index >= 15 is 0 Å². The summed E-state index contributed by atoms with van der Waals surface area (Å²) < 4.78 is 0. The first-order chi connectivity index (χ1) is 15.6. The van der Waals surface area contributed by atoms with Crippen molar-refractivity contribution in [2.45, 2.75) is 116 Å². The first-order valence-electron chi connectivity index (χ1n) is 13.3. The fourth-order valence-corrected chi connectivity index (χ4v) is 6.13. The van der Waals surface area contributed by atoms with Gasteiger partial charge < -0.3 is 20.4 Å². The molecule has 0 saturated heterocycles. The number of fused-ring (bicyclic) bond motifs is 1. The maximum Gasteiger partial charge on any atom is 0.0753 e. The quantitative estimate of drug-likeness (QED) is 0.324. The molecule has 0 heterocycles. The normalized spacial score (nSPS) is 30.2. The van der Waals surface area contributed by atoms with Gasteiger partial charge in [-0.05, 0) is 119 Å². The molecule has 33 heavy (non-hydrogen) atoms. The fourth-order valence-electron chi connectivity index (χ4n) is 6.13. The molecule has 0 radical (unpaired) electrons. The van der Waals surface area contributed by atoms with Crippen LogP contribution >= 0.6 is 0 Å². The molecule has 0 spiro atoms. The van der Waals surface area contributed by atoms with E-state index in [0.29, 0.717) is 17.8 Å². The zero-order valence-corrected chi connectivity index (χ0v) is 21.7. The fraction of sp³-hybridized carbons (Fsp3) is 0.793. The van der Waals surface area contributed by atoms with Gasteiger partial charge in [0.05, 0.1) is 11.7 Å². The van der Waals surface area contributed by atoms with Gasteiger partial charge in [0.15, 0.2) is 0 Å². The van der Waals surface area contributed by atoms with Crippen LogP contribution in [-0.2, 0) is 0 Å². The standard InChI is InChI=1S/C26H42O2.C3H8O2/c1-19-20(9-7-12-24(19)27)13-14-21-10-8-18-26(4)22(15-16-23(21)26)11-5-6-17-25(2,3)28;4-2-1-3-5/h10,13-14,22-24,27-28H,5-9,11-12,15-18H2,1-4H3;4-5H,1-3H2/b14-13+;/t22?,23?,24?,26-;/m1./s1. The molecule has 0 amide bonds. The lowest BCUT2D eigenvalue weighted by atomic mass is 9.64. The van der Waals surface area contributed by atoms with Crippen LogP contribution in [0.4, 0.5) is 0 Å². The van der Waals surface area contributed by atoms with E-state index in [0.717, 1.165) is 38.0 Å². The molecule has 190 valence electrons. The molecule has 4 atom stereocenters. The van der Waals surface area contributed by atoms with Crippen molar-refractivity contribution in [2.75, 3.05) is 13.2 Å². The molecule has 3 aliphatic carbocycles. The number of aliphatic hydroxyl groups is 4. The minimum absolute atomic E-state index is 0.0938. The molecule has 0 aliphatic heterocycles. The number of allylic oxidation sites excluding steroid dienone is 5. The molecule has 1 saturated carbocycles. The van der Waals surface area contributed by atoms with Crippen LogP contribution in [0.2, 0.25) is 0 Å². The lowest BCUT2D eigenvalue weighted by Gasteiger charge is -2.41. The van der Waals surface area contributed by atoms with Crippen molar-refractivity contribution in [1.29, 1.82) is 0 Å². The van der Waals surface area contributed by atoms with Crippen LogP contribution < -0.4 is 0 Å². The number of aliphatic hydroxyl groups excluding tert-OH is 3. The summed E-state index contributed by atoms with van der Waals surface area (Å²) in [6.45, 7) is 8.68. The Morgan fingerprint density at radius 2 is 1.79 bits per heavy atom. The molecule has 3 rings (SSSR count). The van der Waals surface area contributed by atoms with E-state index in [1.54, 1.807) is 5.57 Å². The van der Waals surface area contributed by atoms with Gasteiger partial charge in [-0.3, -0.25) is 0 Å². The molecular weight excluding hydrogens is 412 g/mol. The van der Waals surface area contributed by atoms with E-state index in [1.165, 1.54) is 49.7 Å². The Labute approximate surface area is 202 Å². The van der Waals surface area contributed by atoms with Crippen molar-refractivity contribution in [1.82, 2.24) is 0 Å². The predicted molar refractivity (Wildman–Crippen MR) is 137 cm³/mol. The molecule has 3 unspecified atom stereocenters. The SMILES string of the molecule is CC1=C(/C=C/C2=CCC[C@]3(C)C(CCCCC(C)(C)O)CCC23)CCCC1O.OCCCO. The molecule has 1 fully saturated rings. The maximum atomic E-state index is 10.1. The summed E-state index contributed by atoms with van der Waals surface area (Å²) in [7, 11) is 0. The third kappa shape index (κ3) is 8.35. The van der Waals surface area contributed by atoms with Gasteiger partial charge in [-0.1, -0.05) is 38.0 Å². The van der Waals surface area contributed by atoms with Crippen molar-refractivity contribution in [2.24, 2.45) is 17.3 Å². The minimum Gasteiger partial charge on any atom is -0.396 e. The second-order valence-electron chi connectivity index (χ2n) is 11.4. The minimum atomic E-state index is -0.521. The summed E-state index contributed by atoms with van der Waals surface area (Å²) in [5, 5.41) is 35.9. The van der Waals surface area contributed by atoms with Gasteiger partial charge in [-0.2, -0.15) is 0 Å². The Hall–Kier alpha value is -0.940. The summed E-state index contributed by atoms with van der Waals surface area (Å²) in [5.41, 5.74) is 4.00. The highest BCUT2D eigenvalue weighted by molar-refractivity contribution is 5.36. The second kappa shape index (κ2) is 13.2. The molecular formula is C29H50O4. The van der Waals surface area contributed by atoms with Crippen LogP contribution in [0.25, 0.3) is 0 Å². The highest BCUT2D eigenvalue weighted by Gasteiger charge is 2.47. The van der Waals surface area contributed by atoms with Crippen molar-refractivity contribution in [3.63, 3.8) is 0 Å². The Kier molecular flexibility index (Phi) is 11.3. The highest BCUT2D eigenvalue weighted by atomic mass is 16.3. The molecule has 0 aromatic heterocycles. The van der Waals surface area contributed by atoms with Gasteiger partial charge in [0.25, 0.3) is 0 Å². The highest BCUT2D eigenvalue weighted by Crippen LogP contribution is 2.57. The topological polar surface area (TPSA) is 80.9 Å². The van der Waals surface area contributed by atoms with Crippen molar-refractivity contribution < 1.29 is 20.4 Å². The Morgan fingerprint density at radius 3 is 2.42 bits per heavy atom. The van der Waals surface area contributed by atoms with Gasteiger partial charge >= 0.3 is 0 Å². The number of rotatable bonds is 9. The van der Waals surface area contributed by atoms with Crippen molar-refractivity contribution in [3.8, 4) is 0 Å². The van der Waals surface area contributed by atoms with E-state index in [4.69, 9.17) is 10.2 Å². The number of hydrogen-bond acceptors (Lipinski definition) is 4. The van der Waals surface area contributed by atoms with E-state index < -0.39 is 5.60 Å². The number of unbranched alkanes of at least 4 members (excludes halogenated alkanes) is 1. The lowest BCUT2D eigenvalue weighted by Crippen LogP contribution is -2.32. The molecule has 0 aromatic rings. The predicted octanol–water partition coefficient (Wildman–Crippen LogP) is 5.85. The zero-order chi connectivity index (χ0) is 24.5. The average molecular weight is 463 g/mol. The summed E-state index contributed by atoms with van der Waals surface area (Å²) in [4.78, 5) is 0. The van der Waals surface area contributed by atoms with E-state index in [-0.39, 0.29) is 19.3 Å². The van der Waals surface area contributed by atoms with Crippen LogP contribution in [-0.4, -0.2) is 45.3 Å². The third-order valence-electron chi connectivity index (χ3n) is 8.31.